The number of rotatable bonds is 3. The van der Waals surface area contributed by atoms with Crippen molar-refractivity contribution in [1.29, 1.82) is 0 Å². The number of halogens is 1. The van der Waals surface area contributed by atoms with Crippen LogP contribution in [0.15, 0.2) is 46.9 Å². The predicted molar refractivity (Wildman–Crippen MR) is 108 cm³/mol. The highest BCUT2D eigenvalue weighted by molar-refractivity contribution is 9.10. The van der Waals surface area contributed by atoms with Crippen molar-refractivity contribution in [2.75, 3.05) is 6.61 Å². The van der Waals surface area contributed by atoms with Crippen LogP contribution in [0.5, 0.6) is 5.75 Å². The third-order valence-corrected chi connectivity index (χ3v) is 4.71. The highest BCUT2D eigenvalue weighted by atomic mass is 79.9. The van der Waals surface area contributed by atoms with E-state index in [0.29, 0.717) is 24.2 Å². The minimum absolute atomic E-state index is 0.109. The normalized spacial score (nSPS) is 16.1. The molecular weight excluding hydrogens is 408 g/mol. The molecule has 142 valence electrons. The highest BCUT2D eigenvalue weighted by Crippen LogP contribution is 2.34. The summed E-state index contributed by atoms with van der Waals surface area (Å²) in [6.07, 6.45) is 0.710. The molecule has 1 unspecified atom stereocenters. The topological polar surface area (TPSA) is 67.4 Å². The maximum Gasteiger partial charge on any atom is 0.251 e. The predicted octanol–water partition coefficient (Wildman–Crippen LogP) is 4.23. The van der Waals surface area contributed by atoms with Gasteiger partial charge >= 0.3 is 0 Å². The maximum atomic E-state index is 12.7. The molecule has 6 heteroatoms. The number of hydrogen-bond donors (Lipinski definition) is 2. The molecule has 0 saturated heterocycles. The van der Waals surface area contributed by atoms with E-state index in [-0.39, 0.29) is 23.4 Å². The lowest BCUT2D eigenvalue weighted by molar-refractivity contribution is 0.0909. The van der Waals surface area contributed by atoms with Gasteiger partial charge < -0.3 is 15.4 Å². The van der Waals surface area contributed by atoms with E-state index in [1.54, 1.807) is 24.3 Å². The maximum absolute atomic E-state index is 12.7. The van der Waals surface area contributed by atoms with Crippen LogP contribution in [-0.4, -0.2) is 24.0 Å². The van der Waals surface area contributed by atoms with Gasteiger partial charge in [0.1, 0.15) is 5.75 Å². The lowest BCUT2D eigenvalue weighted by Gasteiger charge is -2.27. The summed E-state index contributed by atoms with van der Waals surface area (Å²) in [6, 6.07) is 12.4. The Bertz CT molecular complexity index is 857. The smallest absolute Gasteiger partial charge is 0.251 e. The monoisotopic (exact) mass is 430 g/mol. The molecular formula is C21H23BrN2O3. The van der Waals surface area contributed by atoms with Gasteiger partial charge in [0.15, 0.2) is 0 Å². The zero-order valence-corrected chi connectivity index (χ0v) is 17.2. The van der Waals surface area contributed by atoms with Crippen LogP contribution in [0.1, 0.15) is 59.5 Å². The van der Waals surface area contributed by atoms with E-state index >= 15 is 0 Å². The standard InChI is InChI=1S/C21H23BrN2O3/c1-21(2,3)24-20(26)14-6-4-13(5-7-14)19(25)23-17-10-11-27-18-9-8-15(22)12-16(17)18/h4-9,12,17H,10-11H2,1-3H3,(H,23,25)(H,24,26). The number of ether oxygens (including phenoxy) is 1. The largest absolute Gasteiger partial charge is 0.493 e. The van der Waals surface area contributed by atoms with Crippen LogP contribution < -0.4 is 15.4 Å². The Morgan fingerprint density at radius 2 is 1.67 bits per heavy atom. The summed E-state index contributed by atoms with van der Waals surface area (Å²) in [7, 11) is 0. The van der Waals surface area contributed by atoms with Crippen LogP contribution in [0.3, 0.4) is 0 Å². The Kier molecular flexibility index (Phi) is 5.56. The van der Waals surface area contributed by atoms with Crippen molar-refractivity contribution >= 4 is 27.7 Å². The Morgan fingerprint density at radius 1 is 1.04 bits per heavy atom. The Morgan fingerprint density at radius 3 is 2.30 bits per heavy atom. The summed E-state index contributed by atoms with van der Waals surface area (Å²) in [4.78, 5) is 24.9. The minimum atomic E-state index is -0.308. The second kappa shape index (κ2) is 7.72. The summed E-state index contributed by atoms with van der Waals surface area (Å²) < 4.78 is 6.61. The van der Waals surface area contributed by atoms with Crippen LogP contribution in [0.2, 0.25) is 0 Å². The molecule has 0 aromatic heterocycles. The SMILES string of the molecule is CC(C)(C)NC(=O)c1ccc(C(=O)NC2CCOc3ccc(Br)cc32)cc1. The average molecular weight is 431 g/mol. The summed E-state index contributed by atoms with van der Waals surface area (Å²) in [5.41, 5.74) is 1.70. The molecule has 0 saturated carbocycles. The van der Waals surface area contributed by atoms with Crippen molar-refractivity contribution in [3.8, 4) is 5.75 Å². The number of hydrogen-bond acceptors (Lipinski definition) is 3. The number of carbonyl (C=O) groups is 2. The first-order valence-corrected chi connectivity index (χ1v) is 9.68. The second-order valence-corrected chi connectivity index (χ2v) is 8.54. The zero-order chi connectivity index (χ0) is 19.6. The van der Waals surface area contributed by atoms with Crippen molar-refractivity contribution < 1.29 is 14.3 Å². The van der Waals surface area contributed by atoms with Crippen molar-refractivity contribution in [2.24, 2.45) is 0 Å². The van der Waals surface area contributed by atoms with E-state index < -0.39 is 0 Å². The van der Waals surface area contributed by atoms with E-state index in [1.165, 1.54) is 0 Å². The number of nitrogens with one attached hydrogen (secondary N) is 2. The van der Waals surface area contributed by atoms with Crippen LogP contribution in [0, 0.1) is 0 Å². The number of carbonyl (C=O) groups excluding carboxylic acids is 2. The van der Waals surface area contributed by atoms with Gasteiger partial charge in [-0.1, -0.05) is 15.9 Å². The molecule has 2 amide bonds. The first-order chi connectivity index (χ1) is 12.7. The van der Waals surface area contributed by atoms with Gasteiger partial charge in [0.05, 0.1) is 12.6 Å². The first-order valence-electron chi connectivity index (χ1n) is 8.89. The summed E-state index contributed by atoms with van der Waals surface area (Å²) in [6.45, 7) is 6.34. The molecule has 2 aromatic rings. The summed E-state index contributed by atoms with van der Waals surface area (Å²) in [5.74, 6) is 0.470. The fraction of sp³-hybridized carbons (Fsp3) is 0.333. The molecule has 0 spiro atoms. The summed E-state index contributed by atoms with van der Waals surface area (Å²) in [5, 5.41) is 5.97. The van der Waals surface area contributed by atoms with Gasteiger partial charge in [-0.25, -0.2) is 0 Å². The van der Waals surface area contributed by atoms with Gasteiger partial charge in [-0.15, -0.1) is 0 Å². The lowest BCUT2D eigenvalue weighted by Crippen LogP contribution is -2.40. The van der Waals surface area contributed by atoms with Gasteiger partial charge in [0.2, 0.25) is 0 Å². The van der Waals surface area contributed by atoms with Gasteiger partial charge in [0.25, 0.3) is 11.8 Å². The van der Waals surface area contributed by atoms with E-state index in [0.717, 1.165) is 15.8 Å². The van der Waals surface area contributed by atoms with Crippen molar-refractivity contribution in [3.63, 3.8) is 0 Å². The third-order valence-electron chi connectivity index (χ3n) is 4.21. The number of fused-ring (bicyclic) bond motifs is 1. The third kappa shape index (κ3) is 4.89. The van der Waals surface area contributed by atoms with Gasteiger partial charge in [0, 0.05) is 33.1 Å². The second-order valence-electron chi connectivity index (χ2n) is 7.63. The Hall–Kier alpha value is -2.34. The highest BCUT2D eigenvalue weighted by Gasteiger charge is 2.24. The first kappa shape index (κ1) is 19.4. The van der Waals surface area contributed by atoms with Crippen LogP contribution in [-0.2, 0) is 0 Å². The van der Waals surface area contributed by atoms with Gasteiger partial charge in [-0.3, -0.25) is 9.59 Å². The van der Waals surface area contributed by atoms with Crippen LogP contribution in [0.4, 0.5) is 0 Å². The van der Waals surface area contributed by atoms with Gasteiger partial charge in [-0.2, -0.15) is 0 Å². The molecule has 0 radical (unpaired) electrons. The molecule has 1 aliphatic heterocycles. The van der Waals surface area contributed by atoms with Gasteiger partial charge in [-0.05, 0) is 63.2 Å². The number of amides is 2. The lowest BCUT2D eigenvalue weighted by atomic mass is 10.00. The quantitative estimate of drug-likeness (QED) is 0.765. The van der Waals surface area contributed by atoms with Crippen LogP contribution >= 0.6 is 15.9 Å². The molecule has 27 heavy (non-hydrogen) atoms. The molecule has 0 fully saturated rings. The molecule has 1 aliphatic rings. The molecule has 3 rings (SSSR count). The van der Waals surface area contributed by atoms with E-state index in [2.05, 4.69) is 26.6 Å². The molecule has 2 N–H and O–H groups in total. The van der Waals surface area contributed by atoms with E-state index in [1.807, 2.05) is 39.0 Å². The Labute approximate surface area is 167 Å². The van der Waals surface area contributed by atoms with E-state index in [9.17, 15) is 9.59 Å². The zero-order valence-electron chi connectivity index (χ0n) is 15.6. The fourth-order valence-electron chi connectivity index (χ4n) is 2.94. The molecule has 5 nitrogen and oxygen atoms in total. The van der Waals surface area contributed by atoms with Crippen molar-refractivity contribution in [1.82, 2.24) is 10.6 Å². The van der Waals surface area contributed by atoms with Crippen molar-refractivity contribution in [2.45, 2.75) is 38.8 Å². The Balaban J connectivity index is 1.71. The van der Waals surface area contributed by atoms with E-state index in [4.69, 9.17) is 4.74 Å². The molecule has 1 atom stereocenters. The molecule has 0 bridgehead atoms. The molecule has 0 aliphatic carbocycles. The molecule has 2 aromatic carbocycles. The molecule has 1 heterocycles. The fourth-order valence-corrected chi connectivity index (χ4v) is 3.32. The van der Waals surface area contributed by atoms with Crippen LogP contribution in [0.25, 0.3) is 0 Å². The van der Waals surface area contributed by atoms with Crippen molar-refractivity contribution in [3.05, 3.63) is 63.6 Å². The number of benzene rings is 2. The minimum Gasteiger partial charge on any atom is -0.493 e. The average Bonchev–Trinajstić information content (AvgIpc) is 2.61. The summed E-state index contributed by atoms with van der Waals surface area (Å²) >= 11 is 3.47.